The minimum absolute atomic E-state index is 0.109. The van der Waals surface area contributed by atoms with Gasteiger partial charge in [-0.1, -0.05) is 52.0 Å². The molecule has 1 N–H and O–H groups in total. The van der Waals surface area contributed by atoms with Gasteiger partial charge in [-0.3, -0.25) is 0 Å². The van der Waals surface area contributed by atoms with Crippen LogP contribution in [0.5, 0.6) is 5.75 Å². The van der Waals surface area contributed by atoms with Crippen LogP contribution in [0.2, 0.25) is 0 Å². The van der Waals surface area contributed by atoms with Crippen molar-refractivity contribution in [3.05, 3.63) is 59.7 Å². The van der Waals surface area contributed by atoms with E-state index < -0.39 is 10.0 Å². The molecule has 1 unspecified atom stereocenters. The summed E-state index contributed by atoms with van der Waals surface area (Å²) in [7, 11) is -1.98. The molecule has 25 heavy (non-hydrogen) atoms. The average Bonchev–Trinajstić information content (AvgIpc) is 2.59. The smallest absolute Gasteiger partial charge is 0.241 e. The van der Waals surface area contributed by atoms with E-state index >= 15 is 0 Å². The number of hydrogen-bond donors (Lipinski definition) is 1. The van der Waals surface area contributed by atoms with Gasteiger partial charge >= 0.3 is 0 Å². The molecule has 0 aliphatic rings. The first-order valence-electron chi connectivity index (χ1n) is 8.51. The van der Waals surface area contributed by atoms with Crippen LogP contribution in [0, 0.1) is 5.92 Å². The van der Waals surface area contributed by atoms with Gasteiger partial charge in [0.25, 0.3) is 0 Å². The van der Waals surface area contributed by atoms with Gasteiger partial charge in [0.2, 0.25) is 10.0 Å². The van der Waals surface area contributed by atoms with Gasteiger partial charge < -0.3 is 4.74 Å². The Balaban J connectivity index is 2.27. The zero-order valence-electron chi connectivity index (χ0n) is 15.5. The number of benzene rings is 2. The first-order chi connectivity index (χ1) is 11.7. The van der Waals surface area contributed by atoms with Crippen molar-refractivity contribution in [3.8, 4) is 5.75 Å². The minimum atomic E-state index is -3.59. The van der Waals surface area contributed by atoms with Gasteiger partial charge in [-0.2, -0.15) is 0 Å². The second-order valence-electron chi connectivity index (χ2n) is 6.84. The van der Waals surface area contributed by atoms with E-state index in [4.69, 9.17) is 4.74 Å². The standard InChI is InChI=1S/C20H27NO3S/c1-14(2)16-8-12-19(13-9-16)25(22,23)21-20(15(3)4)17-6-10-18(24-5)11-7-17/h6-15,20-21H,1-5H3. The van der Waals surface area contributed by atoms with Crippen LogP contribution in [0.3, 0.4) is 0 Å². The summed E-state index contributed by atoms with van der Waals surface area (Å²) in [4.78, 5) is 0.288. The minimum Gasteiger partial charge on any atom is -0.497 e. The van der Waals surface area contributed by atoms with E-state index in [1.54, 1.807) is 19.2 Å². The van der Waals surface area contributed by atoms with Crippen molar-refractivity contribution < 1.29 is 13.2 Å². The van der Waals surface area contributed by atoms with Crippen LogP contribution in [-0.4, -0.2) is 15.5 Å². The fourth-order valence-electron chi connectivity index (χ4n) is 2.67. The molecule has 0 spiro atoms. The zero-order valence-corrected chi connectivity index (χ0v) is 16.3. The highest BCUT2D eigenvalue weighted by molar-refractivity contribution is 7.89. The van der Waals surface area contributed by atoms with Crippen molar-refractivity contribution in [1.82, 2.24) is 4.72 Å². The zero-order chi connectivity index (χ0) is 18.6. The van der Waals surface area contributed by atoms with Crippen molar-refractivity contribution in [1.29, 1.82) is 0 Å². The van der Waals surface area contributed by atoms with Crippen molar-refractivity contribution >= 4 is 10.0 Å². The van der Waals surface area contributed by atoms with Crippen molar-refractivity contribution in [3.63, 3.8) is 0 Å². The summed E-state index contributed by atoms with van der Waals surface area (Å²) < 4.78 is 33.6. The molecule has 1 atom stereocenters. The number of methoxy groups -OCH3 is 1. The summed E-state index contributed by atoms with van der Waals surface area (Å²) in [5.74, 6) is 1.23. The second kappa shape index (κ2) is 8.02. The molecule has 0 aliphatic heterocycles. The van der Waals surface area contributed by atoms with Crippen LogP contribution in [0.25, 0.3) is 0 Å². The Morgan fingerprint density at radius 1 is 0.840 bits per heavy atom. The number of rotatable bonds is 7. The normalized spacial score (nSPS) is 13.2. The van der Waals surface area contributed by atoms with E-state index in [0.717, 1.165) is 16.9 Å². The molecule has 136 valence electrons. The lowest BCUT2D eigenvalue weighted by atomic mass is 9.97. The van der Waals surface area contributed by atoms with E-state index in [9.17, 15) is 8.42 Å². The SMILES string of the molecule is COc1ccc(C(NS(=O)(=O)c2ccc(C(C)C)cc2)C(C)C)cc1. The van der Waals surface area contributed by atoms with Gasteiger partial charge in [0.05, 0.1) is 12.0 Å². The molecule has 2 aromatic carbocycles. The molecule has 2 aromatic rings. The molecule has 0 aromatic heterocycles. The van der Waals surface area contributed by atoms with Crippen molar-refractivity contribution in [2.24, 2.45) is 5.92 Å². The van der Waals surface area contributed by atoms with Gasteiger partial charge in [0.15, 0.2) is 0 Å². The van der Waals surface area contributed by atoms with Gasteiger partial charge in [-0.15, -0.1) is 0 Å². The number of sulfonamides is 1. The molecule has 0 aliphatic carbocycles. The van der Waals surface area contributed by atoms with Crippen LogP contribution >= 0.6 is 0 Å². The highest BCUT2D eigenvalue weighted by Gasteiger charge is 2.24. The Kier molecular flexibility index (Phi) is 6.25. The van der Waals surface area contributed by atoms with Crippen LogP contribution in [0.1, 0.15) is 50.8 Å². The first-order valence-corrected chi connectivity index (χ1v) is 9.99. The maximum absolute atomic E-state index is 12.8. The maximum Gasteiger partial charge on any atom is 0.241 e. The van der Waals surface area contributed by atoms with E-state index in [1.807, 2.05) is 50.2 Å². The summed E-state index contributed by atoms with van der Waals surface area (Å²) >= 11 is 0. The van der Waals surface area contributed by atoms with Gasteiger partial charge in [-0.05, 0) is 47.2 Å². The Morgan fingerprint density at radius 3 is 1.80 bits per heavy atom. The molecule has 0 saturated heterocycles. The molecular formula is C20H27NO3S. The Bertz CT molecular complexity index is 779. The van der Waals surface area contributed by atoms with Gasteiger partial charge in [0.1, 0.15) is 5.75 Å². The Hall–Kier alpha value is -1.85. The summed E-state index contributed by atoms with van der Waals surface area (Å²) in [5.41, 5.74) is 2.03. The van der Waals surface area contributed by atoms with E-state index in [-0.39, 0.29) is 16.9 Å². The quantitative estimate of drug-likeness (QED) is 0.790. The molecule has 0 bridgehead atoms. The number of hydrogen-bond acceptors (Lipinski definition) is 3. The van der Waals surface area contributed by atoms with Crippen molar-refractivity contribution in [2.45, 2.75) is 44.6 Å². The van der Waals surface area contributed by atoms with Crippen LogP contribution in [-0.2, 0) is 10.0 Å². The maximum atomic E-state index is 12.8. The molecule has 2 rings (SSSR count). The molecule has 0 saturated carbocycles. The summed E-state index contributed by atoms with van der Waals surface area (Å²) in [6.45, 7) is 8.17. The fourth-order valence-corrected chi connectivity index (χ4v) is 4.04. The summed E-state index contributed by atoms with van der Waals surface area (Å²) in [5, 5.41) is 0. The van der Waals surface area contributed by atoms with Crippen LogP contribution in [0.4, 0.5) is 0 Å². The molecule has 0 fully saturated rings. The van der Waals surface area contributed by atoms with Crippen LogP contribution in [0.15, 0.2) is 53.4 Å². The predicted molar refractivity (Wildman–Crippen MR) is 101 cm³/mol. The molecule has 0 heterocycles. The van der Waals surface area contributed by atoms with Crippen LogP contribution < -0.4 is 9.46 Å². The monoisotopic (exact) mass is 361 g/mol. The summed E-state index contributed by atoms with van der Waals surface area (Å²) in [6, 6.07) is 14.3. The topological polar surface area (TPSA) is 55.4 Å². The third-order valence-corrected chi connectivity index (χ3v) is 5.74. The lowest BCUT2D eigenvalue weighted by Crippen LogP contribution is -2.31. The first kappa shape index (κ1) is 19.5. The molecular weight excluding hydrogens is 334 g/mol. The highest BCUT2D eigenvalue weighted by Crippen LogP contribution is 2.26. The van der Waals surface area contributed by atoms with E-state index in [1.165, 1.54) is 0 Å². The van der Waals surface area contributed by atoms with E-state index in [2.05, 4.69) is 18.6 Å². The fraction of sp³-hybridized carbons (Fsp3) is 0.400. The van der Waals surface area contributed by atoms with E-state index in [0.29, 0.717) is 5.92 Å². The number of nitrogens with one attached hydrogen (secondary N) is 1. The Morgan fingerprint density at radius 2 is 1.36 bits per heavy atom. The Labute approximate surface area is 151 Å². The molecule has 5 heteroatoms. The molecule has 4 nitrogen and oxygen atoms in total. The largest absolute Gasteiger partial charge is 0.497 e. The third-order valence-electron chi connectivity index (χ3n) is 4.28. The highest BCUT2D eigenvalue weighted by atomic mass is 32.2. The molecule has 0 radical (unpaired) electrons. The lowest BCUT2D eigenvalue weighted by molar-refractivity contribution is 0.413. The third kappa shape index (κ3) is 4.83. The average molecular weight is 362 g/mol. The summed E-state index contributed by atoms with van der Waals surface area (Å²) in [6.07, 6.45) is 0. The van der Waals surface area contributed by atoms with Gasteiger partial charge in [0, 0.05) is 6.04 Å². The molecule has 0 amide bonds. The second-order valence-corrected chi connectivity index (χ2v) is 8.55. The van der Waals surface area contributed by atoms with Crippen molar-refractivity contribution in [2.75, 3.05) is 7.11 Å². The predicted octanol–water partition coefficient (Wildman–Crippen LogP) is 4.49. The van der Waals surface area contributed by atoms with Gasteiger partial charge in [-0.25, -0.2) is 13.1 Å². The lowest BCUT2D eigenvalue weighted by Gasteiger charge is -2.23. The number of ether oxygens (including phenoxy) is 1.